The fourth-order valence-electron chi connectivity index (χ4n) is 3.65. The third-order valence-electron chi connectivity index (χ3n) is 4.69. The minimum absolute atomic E-state index is 0.0137. The van der Waals surface area contributed by atoms with Crippen LogP contribution in [0.25, 0.3) is 0 Å². The molecule has 0 saturated carbocycles. The molecule has 1 aliphatic heterocycles. The minimum atomic E-state index is 0.0137. The second-order valence-corrected chi connectivity index (χ2v) is 6.02. The van der Waals surface area contributed by atoms with Gasteiger partial charge in [0.25, 0.3) is 0 Å². The molecule has 1 aromatic heterocycles. The average molecular weight is 260 g/mol. The Hall–Kier alpha value is -1.42. The molecule has 1 aromatic rings. The van der Waals surface area contributed by atoms with Crippen molar-refractivity contribution in [1.29, 1.82) is 0 Å². The first-order valence-corrected chi connectivity index (χ1v) is 6.94. The summed E-state index contributed by atoms with van der Waals surface area (Å²) in [5.41, 5.74) is 3.24. The molecule has 1 saturated heterocycles. The minimum Gasteiger partial charge on any atom is -0.355 e. The lowest BCUT2D eigenvalue weighted by Gasteiger charge is -2.38. The van der Waals surface area contributed by atoms with Gasteiger partial charge in [-0.3, -0.25) is 9.59 Å². The number of nitrogens with one attached hydrogen (secondary N) is 1. The largest absolute Gasteiger partial charge is 0.355 e. The van der Waals surface area contributed by atoms with Gasteiger partial charge in [0.15, 0.2) is 11.6 Å². The highest BCUT2D eigenvalue weighted by Crippen LogP contribution is 2.37. The van der Waals surface area contributed by atoms with Crippen LogP contribution in [0.4, 0.5) is 0 Å². The van der Waals surface area contributed by atoms with Crippen molar-refractivity contribution in [1.82, 2.24) is 9.88 Å². The molecular weight excluding hydrogens is 240 g/mol. The maximum atomic E-state index is 12.7. The van der Waals surface area contributed by atoms with E-state index in [-0.39, 0.29) is 17.5 Å². The quantitative estimate of drug-likeness (QED) is 0.784. The van der Waals surface area contributed by atoms with Gasteiger partial charge in [-0.15, -0.1) is 0 Å². The highest BCUT2D eigenvalue weighted by molar-refractivity contribution is 6.05. The number of fused-ring (bicyclic) bond motifs is 2. The van der Waals surface area contributed by atoms with E-state index in [2.05, 4.69) is 16.9 Å². The number of likely N-dealkylation sites (tertiary alicyclic amines) is 1. The van der Waals surface area contributed by atoms with E-state index in [9.17, 15) is 9.59 Å². The predicted octanol–water partition coefficient (Wildman–Crippen LogP) is 1.83. The van der Waals surface area contributed by atoms with Crippen LogP contribution in [0.15, 0.2) is 0 Å². The summed E-state index contributed by atoms with van der Waals surface area (Å²) in [5.74, 6) is 0.799. The Labute approximate surface area is 113 Å². The number of rotatable bonds is 1. The van der Waals surface area contributed by atoms with Crippen LogP contribution in [0.3, 0.4) is 0 Å². The molecule has 19 heavy (non-hydrogen) atoms. The fraction of sp³-hybridized carbons (Fsp3) is 0.600. The molecule has 4 heteroatoms. The first-order valence-electron chi connectivity index (χ1n) is 6.94. The van der Waals surface area contributed by atoms with Crippen molar-refractivity contribution in [2.24, 2.45) is 11.8 Å². The van der Waals surface area contributed by atoms with Gasteiger partial charge in [-0.25, -0.2) is 0 Å². The summed E-state index contributed by atoms with van der Waals surface area (Å²) in [4.78, 5) is 29.7. The van der Waals surface area contributed by atoms with Crippen LogP contribution in [0.5, 0.6) is 0 Å². The van der Waals surface area contributed by atoms with E-state index in [0.717, 1.165) is 42.8 Å². The molecule has 2 heterocycles. The Balaban J connectivity index is 2.04. The lowest BCUT2D eigenvalue weighted by Crippen LogP contribution is -2.45. The number of aromatic amines is 1. The van der Waals surface area contributed by atoms with Crippen LogP contribution in [0, 0.1) is 18.8 Å². The van der Waals surface area contributed by atoms with Gasteiger partial charge in [0.05, 0.1) is 5.69 Å². The van der Waals surface area contributed by atoms with Crippen LogP contribution in [-0.4, -0.2) is 41.6 Å². The zero-order valence-electron chi connectivity index (χ0n) is 11.7. The molecule has 0 amide bonds. The smallest absolute Gasteiger partial charge is 0.176 e. The van der Waals surface area contributed by atoms with E-state index in [1.54, 1.807) is 6.92 Å². The summed E-state index contributed by atoms with van der Waals surface area (Å²) in [6.07, 6.45) is 1.98. The van der Waals surface area contributed by atoms with E-state index in [1.165, 1.54) is 0 Å². The molecular formula is C15H20N2O2. The van der Waals surface area contributed by atoms with Crippen LogP contribution in [0.2, 0.25) is 0 Å². The molecule has 2 aliphatic rings. The molecule has 0 bridgehead atoms. The normalized spacial score (nSPS) is 27.0. The van der Waals surface area contributed by atoms with Gasteiger partial charge in [0, 0.05) is 30.6 Å². The molecule has 2 unspecified atom stereocenters. The van der Waals surface area contributed by atoms with Crippen LogP contribution in [0.1, 0.15) is 45.4 Å². The van der Waals surface area contributed by atoms with Crippen LogP contribution < -0.4 is 0 Å². The van der Waals surface area contributed by atoms with E-state index in [0.29, 0.717) is 11.6 Å². The number of ketones is 2. The maximum absolute atomic E-state index is 12.7. The number of hydrogen-bond acceptors (Lipinski definition) is 3. The monoisotopic (exact) mass is 260 g/mol. The van der Waals surface area contributed by atoms with E-state index in [4.69, 9.17) is 0 Å². The maximum Gasteiger partial charge on any atom is 0.176 e. The first kappa shape index (κ1) is 12.6. The number of H-pyrrole nitrogens is 1. The molecule has 1 fully saturated rings. The Morgan fingerprint density at radius 2 is 2.16 bits per heavy atom. The Morgan fingerprint density at radius 3 is 2.84 bits per heavy atom. The van der Waals surface area contributed by atoms with Crippen molar-refractivity contribution in [3.63, 3.8) is 0 Å². The molecule has 1 N–H and O–H groups in total. The topological polar surface area (TPSA) is 53.2 Å². The van der Waals surface area contributed by atoms with Gasteiger partial charge in [0.1, 0.15) is 0 Å². The van der Waals surface area contributed by atoms with Gasteiger partial charge in [-0.1, -0.05) is 0 Å². The standard InChI is InChI=1S/C15H20N2O2/c1-8-13-12(16-14(8)9(2)18)6-10-4-5-17(3)7-11(10)15(13)19/h10-11,16H,4-7H2,1-3H3. The van der Waals surface area contributed by atoms with E-state index in [1.807, 2.05) is 6.92 Å². The molecule has 0 spiro atoms. The summed E-state index contributed by atoms with van der Waals surface area (Å²) in [7, 11) is 2.07. The lowest BCUT2D eigenvalue weighted by molar-refractivity contribution is 0.0705. The fourth-order valence-corrected chi connectivity index (χ4v) is 3.65. The summed E-state index contributed by atoms with van der Waals surface area (Å²) >= 11 is 0. The van der Waals surface area contributed by atoms with Crippen molar-refractivity contribution in [3.05, 3.63) is 22.5 Å². The van der Waals surface area contributed by atoms with Gasteiger partial charge in [0.2, 0.25) is 0 Å². The number of Topliss-reactive ketones (excluding diaryl/α,β-unsaturated/α-hetero) is 2. The first-order chi connectivity index (χ1) is 8.99. The molecule has 1 aliphatic carbocycles. The molecule has 102 valence electrons. The number of hydrogen-bond donors (Lipinski definition) is 1. The van der Waals surface area contributed by atoms with Crippen LogP contribution in [-0.2, 0) is 6.42 Å². The number of nitrogens with zero attached hydrogens (tertiary/aromatic N) is 1. The molecule has 0 aromatic carbocycles. The zero-order chi connectivity index (χ0) is 13.7. The number of carbonyl (C=O) groups excluding carboxylic acids is 2. The van der Waals surface area contributed by atoms with Crippen molar-refractivity contribution in [2.45, 2.75) is 26.7 Å². The Bertz CT molecular complexity index is 559. The second-order valence-electron chi connectivity index (χ2n) is 6.02. The third-order valence-corrected chi connectivity index (χ3v) is 4.69. The second kappa shape index (κ2) is 4.30. The number of piperidine rings is 1. The molecule has 0 radical (unpaired) electrons. The molecule has 3 rings (SSSR count). The SMILES string of the molecule is CC(=O)c1[nH]c2c(c1C)C(=O)C1CN(C)CCC1C2. The Kier molecular flexibility index (Phi) is 2.86. The van der Waals surface area contributed by atoms with Gasteiger partial charge in [-0.2, -0.15) is 0 Å². The van der Waals surface area contributed by atoms with Gasteiger partial charge in [-0.05, 0) is 44.8 Å². The van der Waals surface area contributed by atoms with Crippen molar-refractivity contribution < 1.29 is 9.59 Å². The zero-order valence-corrected chi connectivity index (χ0v) is 11.7. The highest BCUT2D eigenvalue weighted by Gasteiger charge is 2.40. The van der Waals surface area contributed by atoms with E-state index >= 15 is 0 Å². The van der Waals surface area contributed by atoms with Gasteiger partial charge >= 0.3 is 0 Å². The summed E-state index contributed by atoms with van der Waals surface area (Å²) in [5, 5.41) is 0. The van der Waals surface area contributed by atoms with Crippen LogP contribution >= 0.6 is 0 Å². The van der Waals surface area contributed by atoms with E-state index < -0.39 is 0 Å². The lowest BCUT2D eigenvalue weighted by atomic mass is 9.73. The third kappa shape index (κ3) is 1.86. The van der Waals surface area contributed by atoms with Crippen molar-refractivity contribution in [3.8, 4) is 0 Å². The van der Waals surface area contributed by atoms with Crippen molar-refractivity contribution in [2.75, 3.05) is 20.1 Å². The summed E-state index contributed by atoms with van der Waals surface area (Å²) < 4.78 is 0. The van der Waals surface area contributed by atoms with Gasteiger partial charge < -0.3 is 9.88 Å². The Morgan fingerprint density at radius 1 is 1.42 bits per heavy atom. The average Bonchev–Trinajstić information content (AvgIpc) is 2.68. The van der Waals surface area contributed by atoms with Crippen molar-refractivity contribution >= 4 is 11.6 Å². The molecule has 4 nitrogen and oxygen atoms in total. The predicted molar refractivity (Wildman–Crippen MR) is 72.7 cm³/mol. The number of aromatic nitrogens is 1. The summed E-state index contributed by atoms with van der Waals surface area (Å²) in [6.45, 7) is 5.35. The molecule has 2 atom stereocenters. The number of carbonyl (C=O) groups is 2. The summed E-state index contributed by atoms with van der Waals surface area (Å²) in [6, 6.07) is 0. The highest BCUT2D eigenvalue weighted by atomic mass is 16.1.